The first-order valence-corrected chi connectivity index (χ1v) is 10.8. The topological polar surface area (TPSA) is 69.8 Å². The number of guanidine groups is 1. The second-order valence-electron chi connectivity index (χ2n) is 7.92. The van der Waals surface area contributed by atoms with Gasteiger partial charge in [-0.25, -0.2) is 9.98 Å². The van der Waals surface area contributed by atoms with Crippen LogP contribution in [0.2, 0.25) is 0 Å². The zero-order valence-corrected chi connectivity index (χ0v) is 20.1. The highest BCUT2D eigenvalue weighted by molar-refractivity contribution is 14.0. The molecule has 1 saturated heterocycles. The number of nitrogens with two attached hydrogens (primary N) is 1. The number of halogens is 1. The van der Waals surface area contributed by atoms with Crippen molar-refractivity contribution >= 4 is 41.4 Å². The Hall–Kier alpha value is -1.87. The Morgan fingerprint density at radius 2 is 1.90 bits per heavy atom. The summed E-state index contributed by atoms with van der Waals surface area (Å²) in [5.41, 5.74) is 11.2. The summed E-state index contributed by atoms with van der Waals surface area (Å²) in [5, 5.41) is 3.31. The van der Waals surface area contributed by atoms with Crippen LogP contribution in [0.1, 0.15) is 36.5 Å². The first-order chi connectivity index (χ1) is 14.2. The van der Waals surface area contributed by atoms with Crippen molar-refractivity contribution in [3.05, 3.63) is 53.2 Å². The minimum atomic E-state index is 0. The van der Waals surface area contributed by atoms with E-state index in [9.17, 15) is 0 Å². The first-order valence-electron chi connectivity index (χ1n) is 10.8. The molecule has 0 radical (unpaired) electrons. The Morgan fingerprint density at radius 3 is 2.63 bits per heavy atom. The predicted molar refractivity (Wildman–Crippen MR) is 136 cm³/mol. The Balaban J connectivity index is 0.00000256. The van der Waals surface area contributed by atoms with Gasteiger partial charge in [0.25, 0.3) is 0 Å². The van der Waals surface area contributed by atoms with Gasteiger partial charge in [-0.15, -0.1) is 24.0 Å². The fourth-order valence-electron chi connectivity index (χ4n) is 4.24. The Bertz CT molecular complexity index is 843. The first kappa shape index (κ1) is 22.8. The molecule has 0 atom stereocenters. The van der Waals surface area contributed by atoms with Crippen LogP contribution >= 0.6 is 24.0 Å². The lowest BCUT2D eigenvalue weighted by molar-refractivity contribution is 0.270. The molecule has 0 amide bonds. The quantitative estimate of drug-likeness (QED) is 0.358. The Labute approximate surface area is 197 Å². The third kappa shape index (κ3) is 5.63. The van der Waals surface area contributed by atoms with E-state index in [1.54, 1.807) is 0 Å². The van der Waals surface area contributed by atoms with Crippen molar-refractivity contribution in [1.29, 1.82) is 0 Å². The standard InChI is InChI=1S/C23H32N6.HI/c1-2-28-12-14-29(15-13-28)22-11-10-18(16-25-22)17-26-23(24)27-21-9-5-7-19-6-3-4-8-20(19)21;/h5,7,9-11,16H,2-4,6,8,12-15,17H2,1H3,(H3,24,26,27);1H. The summed E-state index contributed by atoms with van der Waals surface area (Å²) in [6.45, 7) is 8.17. The lowest BCUT2D eigenvalue weighted by Crippen LogP contribution is -2.46. The highest BCUT2D eigenvalue weighted by atomic mass is 127. The van der Waals surface area contributed by atoms with Gasteiger partial charge >= 0.3 is 0 Å². The van der Waals surface area contributed by atoms with Gasteiger partial charge in [0, 0.05) is 38.1 Å². The number of anilines is 2. The average Bonchev–Trinajstić information content (AvgIpc) is 2.78. The molecule has 2 heterocycles. The minimum Gasteiger partial charge on any atom is -0.370 e. The van der Waals surface area contributed by atoms with E-state index >= 15 is 0 Å². The van der Waals surface area contributed by atoms with Gasteiger partial charge in [0.15, 0.2) is 5.96 Å². The van der Waals surface area contributed by atoms with Crippen molar-refractivity contribution in [2.24, 2.45) is 10.7 Å². The molecule has 0 saturated carbocycles. The molecular formula is C23H33IN6. The van der Waals surface area contributed by atoms with Crippen LogP contribution < -0.4 is 16.0 Å². The highest BCUT2D eigenvalue weighted by Crippen LogP contribution is 2.27. The molecule has 1 aromatic carbocycles. The number of rotatable bonds is 5. The molecule has 7 heteroatoms. The van der Waals surface area contributed by atoms with Crippen LogP contribution in [0, 0.1) is 0 Å². The number of nitrogens with zero attached hydrogens (tertiary/aromatic N) is 4. The number of pyridine rings is 1. The third-order valence-electron chi connectivity index (χ3n) is 6.04. The summed E-state index contributed by atoms with van der Waals surface area (Å²) >= 11 is 0. The molecule has 162 valence electrons. The maximum Gasteiger partial charge on any atom is 0.193 e. The van der Waals surface area contributed by atoms with E-state index in [1.807, 2.05) is 6.20 Å². The van der Waals surface area contributed by atoms with Gasteiger partial charge in [0.2, 0.25) is 0 Å². The number of hydrogen-bond donors (Lipinski definition) is 2. The molecule has 2 aliphatic rings. The molecule has 3 N–H and O–H groups in total. The van der Waals surface area contributed by atoms with Crippen molar-refractivity contribution in [2.45, 2.75) is 39.2 Å². The third-order valence-corrected chi connectivity index (χ3v) is 6.04. The Kier molecular flexibility index (Phi) is 8.32. The van der Waals surface area contributed by atoms with E-state index in [-0.39, 0.29) is 24.0 Å². The van der Waals surface area contributed by atoms with Crippen LogP contribution in [0.5, 0.6) is 0 Å². The van der Waals surface area contributed by atoms with Crippen molar-refractivity contribution in [3.63, 3.8) is 0 Å². The van der Waals surface area contributed by atoms with Crippen molar-refractivity contribution in [2.75, 3.05) is 42.9 Å². The molecular weight excluding hydrogens is 487 g/mol. The maximum atomic E-state index is 6.17. The zero-order chi connectivity index (χ0) is 20.1. The number of nitrogens with one attached hydrogen (secondary N) is 1. The highest BCUT2D eigenvalue weighted by Gasteiger charge is 2.16. The summed E-state index contributed by atoms with van der Waals surface area (Å²) in [6.07, 6.45) is 6.71. The average molecular weight is 520 g/mol. The lowest BCUT2D eigenvalue weighted by Gasteiger charge is -2.34. The monoisotopic (exact) mass is 520 g/mol. The summed E-state index contributed by atoms with van der Waals surface area (Å²) < 4.78 is 0. The summed E-state index contributed by atoms with van der Waals surface area (Å²) in [4.78, 5) is 14.0. The molecule has 0 unspecified atom stereocenters. The molecule has 1 aliphatic carbocycles. The van der Waals surface area contributed by atoms with Crippen LogP contribution in [0.4, 0.5) is 11.5 Å². The van der Waals surface area contributed by atoms with E-state index in [0.717, 1.165) is 62.6 Å². The van der Waals surface area contributed by atoms with E-state index in [0.29, 0.717) is 12.5 Å². The molecule has 6 nitrogen and oxygen atoms in total. The molecule has 1 aromatic heterocycles. The minimum absolute atomic E-state index is 0. The van der Waals surface area contributed by atoms with Gasteiger partial charge in [-0.1, -0.05) is 25.1 Å². The van der Waals surface area contributed by atoms with Crippen LogP contribution in [-0.2, 0) is 19.4 Å². The SMILES string of the molecule is CCN1CCN(c2ccc(CN=C(N)Nc3cccc4c3CCCC4)cn2)CC1.I. The van der Waals surface area contributed by atoms with Gasteiger partial charge in [0.1, 0.15) is 5.82 Å². The normalized spacial score (nSPS) is 17.2. The fourth-order valence-corrected chi connectivity index (χ4v) is 4.24. The van der Waals surface area contributed by atoms with Crippen LogP contribution in [0.25, 0.3) is 0 Å². The molecule has 2 aromatic rings. The van der Waals surface area contributed by atoms with E-state index in [2.05, 4.69) is 62.3 Å². The number of likely N-dealkylation sites (N-methyl/N-ethyl adjacent to an activating group) is 1. The van der Waals surface area contributed by atoms with Crippen molar-refractivity contribution in [1.82, 2.24) is 9.88 Å². The van der Waals surface area contributed by atoms with Crippen LogP contribution in [0.3, 0.4) is 0 Å². The summed E-state index contributed by atoms with van der Waals surface area (Å²) in [5.74, 6) is 1.51. The van der Waals surface area contributed by atoms with Gasteiger partial charge in [-0.05, 0) is 61.1 Å². The van der Waals surface area contributed by atoms with Crippen LogP contribution in [-0.4, -0.2) is 48.6 Å². The van der Waals surface area contributed by atoms with Gasteiger partial charge < -0.3 is 20.9 Å². The van der Waals surface area contributed by atoms with Gasteiger partial charge in [-0.3, -0.25) is 0 Å². The fraction of sp³-hybridized carbons (Fsp3) is 0.478. The predicted octanol–water partition coefficient (Wildman–Crippen LogP) is 3.65. The number of piperazine rings is 1. The van der Waals surface area contributed by atoms with Crippen molar-refractivity contribution < 1.29 is 0 Å². The number of aromatic nitrogens is 1. The molecule has 4 rings (SSSR count). The van der Waals surface area contributed by atoms with E-state index in [1.165, 1.54) is 24.0 Å². The van der Waals surface area contributed by atoms with E-state index < -0.39 is 0 Å². The zero-order valence-electron chi connectivity index (χ0n) is 17.8. The number of hydrogen-bond acceptors (Lipinski definition) is 4. The van der Waals surface area contributed by atoms with Crippen molar-refractivity contribution in [3.8, 4) is 0 Å². The van der Waals surface area contributed by atoms with Gasteiger partial charge in [-0.2, -0.15) is 0 Å². The summed E-state index contributed by atoms with van der Waals surface area (Å²) in [6, 6.07) is 10.6. The smallest absolute Gasteiger partial charge is 0.193 e. The molecule has 1 aliphatic heterocycles. The molecule has 0 bridgehead atoms. The maximum absolute atomic E-state index is 6.17. The second-order valence-corrected chi connectivity index (χ2v) is 7.92. The Morgan fingerprint density at radius 1 is 1.10 bits per heavy atom. The van der Waals surface area contributed by atoms with Crippen LogP contribution in [0.15, 0.2) is 41.5 Å². The van der Waals surface area contributed by atoms with E-state index in [4.69, 9.17) is 5.73 Å². The van der Waals surface area contributed by atoms with Gasteiger partial charge in [0.05, 0.1) is 6.54 Å². The number of fused-ring (bicyclic) bond motifs is 1. The second kappa shape index (κ2) is 10.9. The molecule has 30 heavy (non-hydrogen) atoms. The molecule has 0 spiro atoms. The largest absolute Gasteiger partial charge is 0.370 e. The molecule has 1 fully saturated rings. The number of benzene rings is 1. The summed E-state index contributed by atoms with van der Waals surface area (Å²) in [7, 11) is 0. The lowest BCUT2D eigenvalue weighted by atomic mass is 9.90. The number of aliphatic imine (C=N–C) groups is 1. The number of aryl methyl sites for hydroxylation is 1.